The summed E-state index contributed by atoms with van der Waals surface area (Å²) in [5.74, 6) is 1.84. The number of alkyl carbamates (subject to hydrolysis) is 1. The van der Waals surface area contributed by atoms with E-state index >= 15 is 0 Å². The van der Waals surface area contributed by atoms with E-state index in [1.807, 2.05) is 61.5 Å². The van der Waals surface area contributed by atoms with Crippen LogP contribution in [0.4, 0.5) is 4.79 Å². The van der Waals surface area contributed by atoms with Crippen molar-refractivity contribution in [1.29, 1.82) is 0 Å². The number of allylic oxidation sites excluding steroid dienone is 1. The Bertz CT molecular complexity index is 1120. The smallest absolute Gasteiger partial charge is 0.419 e. The lowest BCUT2D eigenvalue weighted by molar-refractivity contribution is -0.116. The van der Waals surface area contributed by atoms with Crippen molar-refractivity contribution in [3.63, 3.8) is 0 Å². The van der Waals surface area contributed by atoms with Crippen molar-refractivity contribution in [1.82, 2.24) is 10.3 Å². The molecule has 7 heteroatoms. The molecule has 3 aromatic rings. The number of aryl methyl sites for hydroxylation is 2. The topological polar surface area (TPSA) is 90.7 Å². The number of carbonyl (C=O) groups is 2. The van der Waals surface area contributed by atoms with Crippen LogP contribution < -0.4 is 10.1 Å². The summed E-state index contributed by atoms with van der Waals surface area (Å²) in [6.45, 7) is 2.43. The zero-order valence-electron chi connectivity index (χ0n) is 17.8. The van der Waals surface area contributed by atoms with Crippen LogP contribution in [0.1, 0.15) is 29.9 Å². The minimum Gasteiger partial charge on any atom is -0.493 e. The van der Waals surface area contributed by atoms with Crippen molar-refractivity contribution in [2.45, 2.75) is 32.6 Å². The number of unbranched alkanes of at least 4 members (excludes halogenated alkanes) is 1. The zero-order chi connectivity index (χ0) is 22.3. The normalized spacial score (nSPS) is 14.5. The lowest BCUT2D eigenvalue weighted by atomic mass is 10.1. The van der Waals surface area contributed by atoms with Gasteiger partial charge in [-0.3, -0.25) is 10.1 Å². The minimum atomic E-state index is -0.716. The van der Waals surface area contributed by atoms with Gasteiger partial charge in [-0.15, -0.1) is 0 Å². The van der Waals surface area contributed by atoms with Gasteiger partial charge in [-0.05, 0) is 62.1 Å². The molecule has 1 aliphatic rings. The Balaban J connectivity index is 1.22. The van der Waals surface area contributed by atoms with Crippen LogP contribution in [0, 0.1) is 6.92 Å². The maximum absolute atomic E-state index is 11.4. The van der Waals surface area contributed by atoms with Crippen LogP contribution >= 0.6 is 0 Å². The highest BCUT2D eigenvalue weighted by molar-refractivity contribution is 6.07. The van der Waals surface area contributed by atoms with Crippen LogP contribution in [0.15, 0.2) is 70.8 Å². The molecule has 7 nitrogen and oxygen atoms in total. The summed E-state index contributed by atoms with van der Waals surface area (Å²) < 4.78 is 16.4. The van der Waals surface area contributed by atoms with Crippen molar-refractivity contribution in [3.8, 4) is 17.2 Å². The van der Waals surface area contributed by atoms with E-state index in [0.717, 1.165) is 35.6 Å². The minimum absolute atomic E-state index is 0.0805. The number of hydrogen-bond donors (Lipinski definition) is 1. The van der Waals surface area contributed by atoms with E-state index in [-0.39, 0.29) is 5.76 Å². The van der Waals surface area contributed by atoms with Crippen LogP contribution in [0.5, 0.6) is 5.75 Å². The number of benzene rings is 2. The van der Waals surface area contributed by atoms with Crippen LogP contribution in [0.25, 0.3) is 11.5 Å². The molecule has 1 aliphatic heterocycles. The average Bonchev–Trinajstić information content (AvgIpc) is 3.33. The quantitative estimate of drug-likeness (QED) is 0.388. The fourth-order valence-corrected chi connectivity index (χ4v) is 3.38. The molecular formula is C25H24N2O5. The van der Waals surface area contributed by atoms with Crippen LogP contribution in [-0.2, 0) is 22.4 Å². The summed E-state index contributed by atoms with van der Waals surface area (Å²) in [7, 11) is 0. The first-order valence-electron chi connectivity index (χ1n) is 10.6. The molecule has 0 atom stereocenters. The van der Waals surface area contributed by atoms with Gasteiger partial charge in [0.2, 0.25) is 5.89 Å². The van der Waals surface area contributed by atoms with E-state index in [0.29, 0.717) is 25.3 Å². The van der Waals surface area contributed by atoms with Gasteiger partial charge >= 0.3 is 6.09 Å². The molecule has 1 aromatic heterocycles. The molecule has 4 rings (SSSR count). The molecule has 0 radical (unpaired) electrons. The van der Waals surface area contributed by atoms with Gasteiger partial charge < -0.3 is 13.9 Å². The van der Waals surface area contributed by atoms with Crippen molar-refractivity contribution < 1.29 is 23.5 Å². The maximum atomic E-state index is 11.4. The second-order valence-electron chi connectivity index (χ2n) is 7.43. The highest BCUT2D eigenvalue weighted by Gasteiger charge is 2.25. The zero-order valence-corrected chi connectivity index (χ0v) is 17.8. The summed E-state index contributed by atoms with van der Waals surface area (Å²) in [5, 5.41) is 2.08. The fourth-order valence-electron chi connectivity index (χ4n) is 3.38. The van der Waals surface area contributed by atoms with Crippen LogP contribution in [0.2, 0.25) is 0 Å². The third kappa shape index (κ3) is 5.43. The number of nitrogens with one attached hydrogen (secondary N) is 1. The first-order valence-corrected chi connectivity index (χ1v) is 10.6. The molecule has 164 valence electrons. The fraction of sp³-hybridized carbons (Fsp3) is 0.240. The standard InChI is InChI=1S/C25H24N2O5/c1-17-21(26-24(31-17)19-8-3-2-4-9-19)15-16-30-20-13-11-18(12-14-20)7-5-6-10-22-23(28)27-25(29)32-22/h2-4,8-14H,5-7,15-16H2,1H3,(H,27,28,29). The monoisotopic (exact) mass is 432 g/mol. The summed E-state index contributed by atoms with van der Waals surface area (Å²) in [6.07, 6.45) is 3.93. The maximum Gasteiger partial charge on any atom is 0.419 e. The Kier molecular flexibility index (Phi) is 6.65. The largest absolute Gasteiger partial charge is 0.493 e. The van der Waals surface area contributed by atoms with Gasteiger partial charge in [0.05, 0.1) is 12.3 Å². The molecule has 0 unspecified atom stereocenters. The molecule has 0 saturated carbocycles. The van der Waals surface area contributed by atoms with E-state index < -0.39 is 12.0 Å². The summed E-state index contributed by atoms with van der Waals surface area (Å²) in [4.78, 5) is 27.0. The van der Waals surface area contributed by atoms with Gasteiger partial charge in [0.25, 0.3) is 5.91 Å². The average molecular weight is 432 g/mol. The van der Waals surface area contributed by atoms with Crippen molar-refractivity contribution in [2.75, 3.05) is 6.61 Å². The Morgan fingerprint density at radius 2 is 1.81 bits per heavy atom. The number of nitrogens with zero attached hydrogens (tertiary/aromatic N) is 1. The SMILES string of the molecule is Cc1oc(-c2ccccc2)nc1CCOc1ccc(CCCC=C2OC(=O)NC2=O)cc1. The predicted molar refractivity (Wildman–Crippen MR) is 118 cm³/mol. The van der Waals surface area contributed by atoms with Gasteiger partial charge in [-0.25, -0.2) is 9.78 Å². The number of carbonyl (C=O) groups excluding carboxylic acids is 2. The summed E-state index contributed by atoms with van der Waals surface area (Å²) >= 11 is 0. The molecule has 0 spiro atoms. The van der Waals surface area contributed by atoms with Crippen LogP contribution in [-0.4, -0.2) is 23.6 Å². The molecule has 2 amide bonds. The number of cyclic esters (lactones) is 1. The highest BCUT2D eigenvalue weighted by Crippen LogP contribution is 2.22. The Labute approximate surface area is 186 Å². The molecule has 1 fully saturated rings. The second kappa shape index (κ2) is 9.96. The first kappa shape index (κ1) is 21.4. The van der Waals surface area contributed by atoms with E-state index in [4.69, 9.17) is 13.9 Å². The van der Waals surface area contributed by atoms with E-state index in [1.54, 1.807) is 6.08 Å². The summed E-state index contributed by atoms with van der Waals surface area (Å²) in [5.41, 5.74) is 3.03. The van der Waals surface area contributed by atoms with Gasteiger partial charge in [-0.1, -0.05) is 30.3 Å². The molecule has 0 bridgehead atoms. The number of ether oxygens (including phenoxy) is 2. The van der Waals surface area contributed by atoms with Crippen molar-refractivity contribution in [2.24, 2.45) is 0 Å². The molecular weight excluding hydrogens is 408 g/mol. The van der Waals surface area contributed by atoms with Gasteiger partial charge in [-0.2, -0.15) is 0 Å². The molecule has 1 N–H and O–H groups in total. The van der Waals surface area contributed by atoms with E-state index in [1.165, 1.54) is 5.56 Å². The third-order valence-electron chi connectivity index (χ3n) is 5.09. The lowest BCUT2D eigenvalue weighted by Gasteiger charge is -2.06. The Hall–Kier alpha value is -3.87. The van der Waals surface area contributed by atoms with Gasteiger partial charge in [0.15, 0.2) is 5.76 Å². The Morgan fingerprint density at radius 3 is 2.53 bits per heavy atom. The second-order valence-corrected chi connectivity index (χ2v) is 7.43. The number of aromatic nitrogens is 1. The van der Waals surface area contributed by atoms with Crippen molar-refractivity contribution >= 4 is 12.0 Å². The highest BCUT2D eigenvalue weighted by atomic mass is 16.6. The molecule has 32 heavy (non-hydrogen) atoms. The molecule has 0 aliphatic carbocycles. The summed E-state index contributed by atoms with van der Waals surface area (Å²) in [6, 6.07) is 17.8. The van der Waals surface area contributed by atoms with Gasteiger partial charge in [0.1, 0.15) is 11.5 Å². The van der Waals surface area contributed by atoms with Crippen molar-refractivity contribution in [3.05, 3.63) is 83.5 Å². The first-order chi connectivity index (χ1) is 15.6. The lowest BCUT2D eigenvalue weighted by Crippen LogP contribution is -2.18. The number of amides is 2. The molecule has 1 saturated heterocycles. The van der Waals surface area contributed by atoms with E-state index in [2.05, 4.69) is 10.3 Å². The van der Waals surface area contributed by atoms with Crippen LogP contribution in [0.3, 0.4) is 0 Å². The molecule has 2 aromatic carbocycles. The Morgan fingerprint density at radius 1 is 1.03 bits per heavy atom. The number of oxazole rings is 1. The number of rotatable bonds is 9. The number of imide groups is 1. The van der Waals surface area contributed by atoms with E-state index in [9.17, 15) is 9.59 Å². The van der Waals surface area contributed by atoms with Gasteiger partial charge in [0, 0.05) is 12.0 Å². The number of hydrogen-bond acceptors (Lipinski definition) is 6. The third-order valence-corrected chi connectivity index (χ3v) is 5.09. The predicted octanol–water partition coefficient (Wildman–Crippen LogP) is 4.74. The molecule has 2 heterocycles.